The maximum Gasteiger partial charge on any atom is 0.182 e. The second kappa shape index (κ2) is 7.46. The summed E-state index contributed by atoms with van der Waals surface area (Å²) in [6.07, 6.45) is 7.54. The molecule has 1 unspecified atom stereocenters. The van der Waals surface area contributed by atoms with Gasteiger partial charge in [0, 0.05) is 30.7 Å². The number of piperidine rings is 1. The first kappa shape index (κ1) is 15.8. The van der Waals surface area contributed by atoms with Crippen LogP contribution in [-0.2, 0) is 0 Å². The lowest BCUT2D eigenvalue weighted by molar-refractivity contribution is 0.392. The Kier molecular flexibility index (Phi) is 5.12. The van der Waals surface area contributed by atoms with E-state index < -0.39 is 0 Å². The van der Waals surface area contributed by atoms with E-state index in [1.54, 1.807) is 18.6 Å². The molecule has 0 saturated carbocycles. The molecule has 2 aromatic heterocycles. The van der Waals surface area contributed by atoms with E-state index in [-0.39, 0.29) is 0 Å². The maximum atomic E-state index is 4.63. The van der Waals surface area contributed by atoms with Gasteiger partial charge in [-0.25, -0.2) is 15.0 Å². The Labute approximate surface area is 137 Å². The minimum atomic E-state index is 0.338. The van der Waals surface area contributed by atoms with Crippen molar-refractivity contribution in [3.8, 4) is 11.5 Å². The molecule has 1 saturated heterocycles. The number of rotatable bonds is 5. The Bertz CT molecular complexity index is 622. The predicted molar refractivity (Wildman–Crippen MR) is 91.2 cm³/mol. The zero-order valence-corrected chi connectivity index (χ0v) is 13.8. The number of hydrogen-bond donors (Lipinski definition) is 2. The van der Waals surface area contributed by atoms with Gasteiger partial charge in [-0.15, -0.1) is 0 Å². The van der Waals surface area contributed by atoms with Crippen molar-refractivity contribution < 1.29 is 0 Å². The van der Waals surface area contributed by atoms with Crippen LogP contribution in [0.2, 0.25) is 0 Å². The molecule has 23 heavy (non-hydrogen) atoms. The monoisotopic (exact) mass is 312 g/mol. The zero-order chi connectivity index (χ0) is 16.1. The summed E-state index contributed by atoms with van der Waals surface area (Å²) in [7, 11) is 0. The minimum Gasteiger partial charge on any atom is -0.370 e. The SMILES string of the molecule is CC(C)c1cc(NCC2CCCNC2)nc(-c2cnccn2)n1. The molecule has 122 valence electrons. The van der Waals surface area contributed by atoms with E-state index in [9.17, 15) is 0 Å². The first-order chi connectivity index (χ1) is 11.2. The highest BCUT2D eigenvalue weighted by molar-refractivity contribution is 5.52. The number of hydrogen-bond acceptors (Lipinski definition) is 6. The maximum absolute atomic E-state index is 4.63. The quantitative estimate of drug-likeness (QED) is 0.883. The van der Waals surface area contributed by atoms with Crippen molar-refractivity contribution in [2.24, 2.45) is 5.92 Å². The number of anilines is 1. The molecule has 2 N–H and O–H groups in total. The number of nitrogens with zero attached hydrogens (tertiary/aromatic N) is 4. The molecule has 1 atom stereocenters. The van der Waals surface area contributed by atoms with Crippen LogP contribution in [0.1, 0.15) is 38.3 Å². The molecular weight excluding hydrogens is 288 g/mol. The Morgan fingerprint density at radius 1 is 1.30 bits per heavy atom. The number of aromatic nitrogens is 4. The Balaban J connectivity index is 1.79. The van der Waals surface area contributed by atoms with Gasteiger partial charge in [-0.05, 0) is 37.8 Å². The summed E-state index contributed by atoms with van der Waals surface area (Å²) in [5, 5.41) is 6.93. The summed E-state index contributed by atoms with van der Waals surface area (Å²) >= 11 is 0. The Morgan fingerprint density at radius 3 is 2.91 bits per heavy atom. The van der Waals surface area contributed by atoms with Crippen LogP contribution in [0, 0.1) is 5.92 Å². The van der Waals surface area contributed by atoms with Gasteiger partial charge in [0.15, 0.2) is 5.82 Å². The van der Waals surface area contributed by atoms with Crippen LogP contribution in [0.15, 0.2) is 24.7 Å². The second-order valence-electron chi connectivity index (χ2n) is 6.34. The van der Waals surface area contributed by atoms with Crippen molar-refractivity contribution in [3.05, 3.63) is 30.4 Å². The average molecular weight is 312 g/mol. The van der Waals surface area contributed by atoms with E-state index in [4.69, 9.17) is 0 Å². The van der Waals surface area contributed by atoms with Crippen molar-refractivity contribution in [3.63, 3.8) is 0 Å². The minimum absolute atomic E-state index is 0.338. The summed E-state index contributed by atoms with van der Waals surface area (Å²) < 4.78 is 0. The third kappa shape index (κ3) is 4.22. The molecule has 3 rings (SSSR count). The summed E-state index contributed by atoms with van der Waals surface area (Å²) in [4.78, 5) is 17.7. The van der Waals surface area contributed by atoms with Gasteiger partial charge >= 0.3 is 0 Å². The van der Waals surface area contributed by atoms with Crippen molar-refractivity contribution >= 4 is 5.82 Å². The fraction of sp³-hybridized carbons (Fsp3) is 0.529. The van der Waals surface area contributed by atoms with E-state index in [1.807, 2.05) is 6.07 Å². The fourth-order valence-corrected chi connectivity index (χ4v) is 2.73. The van der Waals surface area contributed by atoms with Gasteiger partial charge in [0.2, 0.25) is 0 Å². The molecule has 6 heteroatoms. The summed E-state index contributed by atoms with van der Waals surface area (Å²) in [6, 6.07) is 2.04. The van der Waals surface area contributed by atoms with Crippen LogP contribution in [0.5, 0.6) is 0 Å². The first-order valence-electron chi connectivity index (χ1n) is 8.32. The standard InChI is InChI=1S/C17H24N6/c1-12(2)14-8-16(21-10-13-4-3-5-18-9-13)23-17(22-14)15-11-19-6-7-20-15/h6-8,11-13,18H,3-5,9-10H2,1-2H3,(H,21,22,23). The van der Waals surface area contributed by atoms with Crippen molar-refractivity contribution in [2.45, 2.75) is 32.6 Å². The van der Waals surface area contributed by atoms with Crippen LogP contribution in [0.3, 0.4) is 0 Å². The smallest absolute Gasteiger partial charge is 0.182 e. The van der Waals surface area contributed by atoms with Crippen LogP contribution in [0.4, 0.5) is 5.82 Å². The zero-order valence-electron chi connectivity index (χ0n) is 13.8. The van der Waals surface area contributed by atoms with Crippen molar-refractivity contribution in [1.82, 2.24) is 25.3 Å². The van der Waals surface area contributed by atoms with E-state index in [1.165, 1.54) is 12.8 Å². The van der Waals surface area contributed by atoms with E-state index in [0.717, 1.165) is 31.1 Å². The normalized spacial score (nSPS) is 18.1. The molecule has 6 nitrogen and oxygen atoms in total. The largest absolute Gasteiger partial charge is 0.370 e. The van der Waals surface area contributed by atoms with Gasteiger partial charge in [-0.1, -0.05) is 13.8 Å². The highest BCUT2D eigenvalue weighted by Crippen LogP contribution is 2.21. The topological polar surface area (TPSA) is 75.6 Å². The fourth-order valence-electron chi connectivity index (χ4n) is 2.73. The molecule has 3 heterocycles. The molecule has 2 aromatic rings. The average Bonchev–Trinajstić information content (AvgIpc) is 2.61. The lowest BCUT2D eigenvalue weighted by atomic mass is 10.00. The van der Waals surface area contributed by atoms with Gasteiger partial charge < -0.3 is 10.6 Å². The van der Waals surface area contributed by atoms with E-state index in [2.05, 4.69) is 44.4 Å². The molecule has 1 aliphatic rings. The summed E-state index contributed by atoms with van der Waals surface area (Å²) in [6.45, 7) is 7.42. The van der Waals surface area contributed by atoms with Crippen LogP contribution in [-0.4, -0.2) is 39.6 Å². The second-order valence-corrected chi connectivity index (χ2v) is 6.34. The van der Waals surface area contributed by atoms with Crippen LogP contribution in [0.25, 0.3) is 11.5 Å². The molecule has 1 aliphatic heterocycles. The lowest BCUT2D eigenvalue weighted by Gasteiger charge is -2.23. The highest BCUT2D eigenvalue weighted by atomic mass is 15.0. The van der Waals surface area contributed by atoms with Crippen LogP contribution < -0.4 is 10.6 Å². The van der Waals surface area contributed by atoms with Gasteiger partial charge in [0.05, 0.1) is 6.20 Å². The molecule has 0 aromatic carbocycles. The number of nitrogens with one attached hydrogen (secondary N) is 2. The Hall–Kier alpha value is -2.08. The van der Waals surface area contributed by atoms with Gasteiger partial charge in [0.1, 0.15) is 11.5 Å². The van der Waals surface area contributed by atoms with Gasteiger partial charge in [-0.3, -0.25) is 4.98 Å². The lowest BCUT2D eigenvalue weighted by Crippen LogP contribution is -2.33. The molecule has 0 bridgehead atoms. The third-order valence-corrected chi connectivity index (χ3v) is 4.10. The summed E-state index contributed by atoms with van der Waals surface area (Å²) in [5.74, 6) is 2.50. The van der Waals surface area contributed by atoms with Gasteiger partial charge in [0.25, 0.3) is 0 Å². The van der Waals surface area contributed by atoms with E-state index in [0.29, 0.717) is 23.4 Å². The predicted octanol–water partition coefficient (Wildman–Crippen LogP) is 2.47. The van der Waals surface area contributed by atoms with Crippen LogP contribution >= 0.6 is 0 Å². The van der Waals surface area contributed by atoms with Gasteiger partial charge in [-0.2, -0.15) is 0 Å². The molecule has 1 fully saturated rings. The molecule has 0 radical (unpaired) electrons. The van der Waals surface area contributed by atoms with E-state index >= 15 is 0 Å². The third-order valence-electron chi connectivity index (χ3n) is 4.10. The molecule has 0 amide bonds. The molecular formula is C17H24N6. The highest BCUT2D eigenvalue weighted by Gasteiger charge is 2.14. The molecule has 0 aliphatic carbocycles. The molecule has 0 spiro atoms. The Morgan fingerprint density at radius 2 is 2.22 bits per heavy atom. The first-order valence-corrected chi connectivity index (χ1v) is 8.32. The summed E-state index contributed by atoms with van der Waals surface area (Å²) in [5.41, 5.74) is 1.72. The van der Waals surface area contributed by atoms with Crippen molar-refractivity contribution in [1.29, 1.82) is 0 Å². The van der Waals surface area contributed by atoms with Crippen molar-refractivity contribution in [2.75, 3.05) is 25.0 Å².